The first-order chi connectivity index (χ1) is 8.31. The number of benzene rings is 2. The van der Waals surface area contributed by atoms with Gasteiger partial charge in [0.15, 0.2) is 0 Å². The van der Waals surface area contributed by atoms with E-state index in [0.717, 1.165) is 0 Å². The first kappa shape index (κ1) is 9.88. The van der Waals surface area contributed by atoms with Crippen LogP contribution in [0.2, 0.25) is 0 Å². The van der Waals surface area contributed by atoms with Crippen LogP contribution in [0.1, 0.15) is 22.8 Å². The Morgan fingerprint density at radius 3 is 2.65 bits per heavy atom. The zero-order valence-corrected chi connectivity index (χ0v) is 8.92. The highest BCUT2D eigenvalue weighted by molar-refractivity contribution is 5.57. The van der Waals surface area contributed by atoms with Crippen molar-refractivity contribution in [3.8, 4) is 17.6 Å². The van der Waals surface area contributed by atoms with Gasteiger partial charge in [-0.05, 0) is 18.2 Å². The van der Waals surface area contributed by atoms with Gasteiger partial charge in [-0.1, -0.05) is 24.3 Å². The lowest BCUT2D eigenvalue weighted by Gasteiger charge is -2.25. The molecule has 0 spiro atoms. The minimum absolute atomic E-state index is 0.449. The Labute approximate surface area is 98.5 Å². The van der Waals surface area contributed by atoms with Crippen molar-refractivity contribution < 1.29 is 9.84 Å². The molecule has 3 nitrogen and oxygen atoms in total. The quantitative estimate of drug-likeness (QED) is 0.747. The molecule has 1 aliphatic rings. The van der Waals surface area contributed by atoms with Gasteiger partial charge in [-0.15, -0.1) is 0 Å². The second-order valence-corrected chi connectivity index (χ2v) is 3.87. The number of fused-ring (bicyclic) bond motifs is 2. The first-order valence-corrected chi connectivity index (χ1v) is 5.29. The van der Waals surface area contributed by atoms with Crippen LogP contribution in [-0.4, -0.2) is 5.11 Å². The minimum Gasteiger partial charge on any atom is -0.457 e. The molecule has 1 heterocycles. The van der Waals surface area contributed by atoms with E-state index in [1.54, 1.807) is 30.3 Å². The van der Waals surface area contributed by atoms with Crippen molar-refractivity contribution in [3.05, 3.63) is 59.2 Å². The van der Waals surface area contributed by atoms with Crippen molar-refractivity contribution in [2.24, 2.45) is 0 Å². The molecule has 0 amide bonds. The van der Waals surface area contributed by atoms with Crippen LogP contribution in [-0.2, 0) is 0 Å². The third-order valence-corrected chi connectivity index (χ3v) is 2.89. The molecule has 0 fully saturated rings. The van der Waals surface area contributed by atoms with Crippen molar-refractivity contribution in [1.82, 2.24) is 0 Å². The first-order valence-electron chi connectivity index (χ1n) is 5.29. The summed E-state index contributed by atoms with van der Waals surface area (Å²) >= 11 is 0. The maximum Gasteiger partial charge on any atom is 0.134 e. The number of ether oxygens (including phenoxy) is 1. The lowest BCUT2D eigenvalue weighted by molar-refractivity contribution is 0.202. The van der Waals surface area contributed by atoms with Crippen LogP contribution in [0.4, 0.5) is 0 Å². The van der Waals surface area contributed by atoms with Crippen LogP contribution in [0.3, 0.4) is 0 Å². The highest BCUT2D eigenvalue weighted by Gasteiger charge is 2.27. The summed E-state index contributed by atoms with van der Waals surface area (Å²) in [6.07, 6.45) is -0.800. The predicted octanol–water partition coefficient (Wildman–Crippen LogP) is 2.75. The van der Waals surface area contributed by atoms with Crippen molar-refractivity contribution in [1.29, 1.82) is 5.26 Å². The van der Waals surface area contributed by atoms with Crippen LogP contribution in [0.5, 0.6) is 11.5 Å². The van der Waals surface area contributed by atoms with Gasteiger partial charge in [0, 0.05) is 11.1 Å². The van der Waals surface area contributed by atoms with E-state index < -0.39 is 6.10 Å². The number of para-hydroxylation sites is 1. The van der Waals surface area contributed by atoms with Gasteiger partial charge in [0.05, 0.1) is 11.6 Å². The number of hydrogen-bond acceptors (Lipinski definition) is 3. The minimum atomic E-state index is -0.800. The zero-order chi connectivity index (χ0) is 11.8. The molecule has 1 aliphatic heterocycles. The van der Waals surface area contributed by atoms with E-state index in [2.05, 4.69) is 6.07 Å². The second-order valence-electron chi connectivity index (χ2n) is 3.87. The molecule has 2 aromatic rings. The number of aliphatic hydroxyl groups excluding tert-OH is 1. The summed E-state index contributed by atoms with van der Waals surface area (Å²) in [6, 6.07) is 14.6. The fraction of sp³-hybridized carbons (Fsp3) is 0.0714. The average Bonchev–Trinajstić information content (AvgIpc) is 2.38. The summed E-state index contributed by atoms with van der Waals surface area (Å²) in [7, 11) is 0. The van der Waals surface area contributed by atoms with Crippen LogP contribution >= 0.6 is 0 Å². The summed E-state index contributed by atoms with van der Waals surface area (Å²) in [5.74, 6) is 1.19. The standard InChI is InChI=1S/C14H9NO2/c15-8-9-4-3-7-12-13(9)14(16)10-5-1-2-6-11(10)17-12/h1-7,14,16H. The predicted molar refractivity (Wildman–Crippen MR) is 61.7 cm³/mol. The van der Waals surface area contributed by atoms with Crippen molar-refractivity contribution in [2.45, 2.75) is 6.10 Å². The van der Waals surface area contributed by atoms with Gasteiger partial charge in [0.25, 0.3) is 0 Å². The molecular weight excluding hydrogens is 214 g/mol. The van der Waals surface area contributed by atoms with Gasteiger partial charge in [-0.25, -0.2) is 0 Å². The third-order valence-electron chi connectivity index (χ3n) is 2.89. The fourth-order valence-corrected chi connectivity index (χ4v) is 2.09. The van der Waals surface area contributed by atoms with E-state index in [9.17, 15) is 5.11 Å². The Hall–Kier alpha value is -2.31. The molecule has 0 bridgehead atoms. The number of nitrogens with zero attached hydrogens (tertiary/aromatic N) is 1. The molecule has 1 N–H and O–H groups in total. The van der Waals surface area contributed by atoms with E-state index in [1.165, 1.54) is 0 Å². The molecule has 3 rings (SSSR count). The van der Waals surface area contributed by atoms with E-state index in [-0.39, 0.29) is 0 Å². The van der Waals surface area contributed by atoms with Gasteiger partial charge < -0.3 is 9.84 Å². The molecule has 2 aromatic carbocycles. The van der Waals surface area contributed by atoms with Crippen LogP contribution in [0.15, 0.2) is 42.5 Å². The van der Waals surface area contributed by atoms with E-state index in [4.69, 9.17) is 10.00 Å². The van der Waals surface area contributed by atoms with Gasteiger partial charge in [-0.3, -0.25) is 0 Å². The van der Waals surface area contributed by atoms with Crippen molar-refractivity contribution in [2.75, 3.05) is 0 Å². The number of aliphatic hydroxyl groups is 1. The van der Waals surface area contributed by atoms with E-state index in [0.29, 0.717) is 28.2 Å². The number of hydrogen-bond donors (Lipinski definition) is 1. The summed E-state index contributed by atoms with van der Waals surface area (Å²) in [6.45, 7) is 0. The van der Waals surface area contributed by atoms with Crippen LogP contribution in [0, 0.1) is 11.3 Å². The lowest BCUT2D eigenvalue weighted by Crippen LogP contribution is -2.11. The second kappa shape index (κ2) is 3.62. The van der Waals surface area contributed by atoms with Crippen molar-refractivity contribution in [3.63, 3.8) is 0 Å². The maximum atomic E-state index is 10.3. The molecule has 0 saturated heterocycles. The summed E-state index contributed by atoms with van der Waals surface area (Å²) in [4.78, 5) is 0. The maximum absolute atomic E-state index is 10.3. The van der Waals surface area contributed by atoms with Gasteiger partial charge >= 0.3 is 0 Å². The average molecular weight is 223 g/mol. The Balaban J connectivity index is 2.24. The monoisotopic (exact) mass is 223 g/mol. The molecule has 0 radical (unpaired) electrons. The zero-order valence-electron chi connectivity index (χ0n) is 8.92. The molecule has 1 unspecified atom stereocenters. The topological polar surface area (TPSA) is 53.2 Å². The van der Waals surface area contributed by atoms with Gasteiger partial charge in [0.1, 0.15) is 17.6 Å². The van der Waals surface area contributed by atoms with Crippen LogP contribution in [0.25, 0.3) is 0 Å². The van der Waals surface area contributed by atoms with Crippen LogP contribution < -0.4 is 4.74 Å². The molecule has 3 heteroatoms. The SMILES string of the molecule is N#Cc1cccc2c1C(O)c1ccccc1O2. The van der Waals surface area contributed by atoms with E-state index in [1.807, 2.05) is 12.1 Å². The lowest BCUT2D eigenvalue weighted by atomic mass is 9.93. The van der Waals surface area contributed by atoms with Gasteiger partial charge in [0.2, 0.25) is 0 Å². The number of rotatable bonds is 0. The Morgan fingerprint density at radius 2 is 1.82 bits per heavy atom. The Bertz CT molecular complexity index is 628. The molecule has 1 atom stereocenters. The number of nitriles is 1. The Kier molecular flexibility index (Phi) is 2.10. The molecular formula is C14H9NO2. The van der Waals surface area contributed by atoms with Crippen molar-refractivity contribution >= 4 is 0 Å². The molecule has 0 aromatic heterocycles. The normalized spacial score (nSPS) is 16.4. The fourth-order valence-electron chi connectivity index (χ4n) is 2.09. The summed E-state index contributed by atoms with van der Waals surface area (Å²) in [5, 5.41) is 19.3. The highest BCUT2D eigenvalue weighted by Crippen LogP contribution is 2.43. The smallest absolute Gasteiger partial charge is 0.134 e. The highest BCUT2D eigenvalue weighted by atomic mass is 16.5. The summed E-state index contributed by atoms with van der Waals surface area (Å²) in [5.41, 5.74) is 1.70. The van der Waals surface area contributed by atoms with E-state index >= 15 is 0 Å². The molecule has 0 saturated carbocycles. The largest absolute Gasteiger partial charge is 0.457 e. The summed E-state index contributed by atoms with van der Waals surface area (Å²) < 4.78 is 5.68. The molecule has 17 heavy (non-hydrogen) atoms. The molecule has 0 aliphatic carbocycles. The molecule has 82 valence electrons. The van der Waals surface area contributed by atoms with Gasteiger partial charge in [-0.2, -0.15) is 5.26 Å². The third kappa shape index (κ3) is 1.39. The Morgan fingerprint density at radius 1 is 1.06 bits per heavy atom.